The topological polar surface area (TPSA) is 89.3 Å². The number of nitrogens with zero attached hydrogens (tertiary/aromatic N) is 3. The highest BCUT2D eigenvalue weighted by Gasteiger charge is 2.42. The van der Waals surface area contributed by atoms with Crippen molar-refractivity contribution in [2.24, 2.45) is 5.41 Å². The van der Waals surface area contributed by atoms with Crippen molar-refractivity contribution in [2.75, 3.05) is 12.4 Å². The summed E-state index contributed by atoms with van der Waals surface area (Å²) in [6, 6.07) is 14.5. The summed E-state index contributed by atoms with van der Waals surface area (Å²) in [6.45, 7) is 4.19. The van der Waals surface area contributed by atoms with Crippen LogP contribution in [0.15, 0.2) is 59.8 Å². The van der Waals surface area contributed by atoms with Gasteiger partial charge in [-0.25, -0.2) is 4.68 Å². The van der Waals surface area contributed by atoms with Crippen LogP contribution in [0.1, 0.15) is 38.3 Å². The Kier molecular flexibility index (Phi) is 4.36. The van der Waals surface area contributed by atoms with Crippen molar-refractivity contribution in [3.8, 4) is 22.9 Å². The number of rotatable bonds is 3. The number of phenolic OH excluding ortho intramolecular Hbond substituents is 1. The summed E-state index contributed by atoms with van der Waals surface area (Å²) in [5.74, 6) is 1.66. The minimum Gasteiger partial charge on any atom is -0.504 e. The molecule has 5 rings (SSSR count). The summed E-state index contributed by atoms with van der Waals surface area (Å²) < 4.78 is 6.95. The molecule has 0 amide bonds. The van der Waals surface area contributed by atoms with Gasteiger partial charge in [-0.2, -0.15) is 4.98 Å². The predicted molar refractivity (Wildman–Crippen MR) is 117 cm³/mol. The molecule has 1 aliphatic carbocycles. The number of carbonyl (C=O) groups is 1. The van der Waals surface area contributed by atoms with E-state index in [9.17, 15) is 9.90 Å². The molecule has 1 unspecified atom stereocenters. The zero-order valence-electron chi connectivity index (χ0n) is 17.7. The predicted octanol–water partition coefficient (Wildman–Crippen LogP) is 4.32. The molecule has 1 aliphatic heterocycles. The molecule has 1 atom stereocenters. The Morgan fingerprint density at radius 2 is 1.94 bits per heavy atom. The van der Waals surface area contributed by atoms with Crippen LogP contribution in [-0.4, -0.2) is 32.8 Å². The summed E-state index contributed by atoms with van der Waals surface area (Å²) in [6.07, 6.45) is 1.20. The summed E-state index contributed by atoms with van der Waals surface area (Å²) in [7, 11) is 1.51. The molecule has 0 saturated heterocycles. The van der Waals surface area contributed by atoms with E-state index in [4.69, 9.17) is 14.8 Å². The molecule has 7 nitrogen and oxygen atoms in total. The van der Waals surface area contributed by atoms with Gasteiger partial charge in [-0.05, 0) is 29.5 Å². The van der Waals surface area contributed by atoms with E-state index < -0.39 is 6.04 Å². The standard InChI is InChI=1S/C24H24N4O3/c1-24(2)12-16-20(18(30)13-24)21(15-9-10-19(31-3)17(29)11-15)28-23(25-16)26-22(27-28)14-7-5-4-6-8-14/h4-11,21,29H,12-13H2,1-3H3,(H,25,26,27). The number of fused-ring (bicyclic) bond motifs is 1. The smallest absolute Gasteiger partial charge is 0.226 e. The number of nitrogens with one attached hydrogen (secondary N) is 1. The van der Waals surface area contributed by atoms with Crippen molar-refractivity contribution < 1.29 is 14.6 Å². The molecule has 2 aliphatic rings. The Morgan fingerprint density at radius 3 is 2.65 bits per heavy atom. The molecule has 2 N–H and O–H groups in total. The van der Waals surface area contributed by atoms with E-state index in [2.05, 4.69) is 19.2 Å². The van der Waals surface area contributed by atoms with Crippen LogP contribution in [0.4, 0.5) is 5.95 Å². The maximum absolute atomic E-state index is 13.3. The number of allylic oxidation sites excluding steroid dienone is 2. The van der Waals surface area contributed by atoms with Crippen LogP contribution < -0.4 is 10.1 Å². The monoisotopic (exact) mass is 416 g/mol. The van der Waals surface area contributed by atoms with Gasteiger partial charge in [0.25, 0.3) is 0 Å². The Bertz CT molecular complexity index is 1210. The number of ether oxygens (including phenoxy) is 1. The molecule has 3 aromatic rings. The normalized spacial score (nSPS) is 19.5. The zero-order chi connectivity index (χ0) is 21.8. The van der Waals surface area contributed by atoms with Gasteiger partial charge in [0, 0.05) is 23.3 Å². The van der Waals surface area contributed by atoms with Crippen molar-refractivity contribution >= 4 is 11.7 Å². The molecule has 0 radical (unpaired) electrons. The molecular weight excluding hydrogens is 392 g/mol. The van der Waals surface area contributed by atoms with E-state index >= 15 is 0 Å². The summed E-state index contributed by atoms with van der Waals surface area (Å²) in [5.41, 5.74) is 3.07. The number of ketones is 1. The van der Waals surface area contributed by atoms with Gasteiger partial charge in [0.05, 0.1) is 7.11 Å². The minimum absolute atomic E-state index is 0.0224. The van der Waals surface area contributed by atoms with Crippen molar-refractivity contribution in [2.45, 2.75) is 32.7 Å². The zero-order valence-corrected chi connectivity index (χ0v) is 17.7. The maximum Gasteiger partial charge on any atom is 0.226 e. The van der Waals surface area contributed by atoms with Crippen LogP contribution in [0.3, 0.4) is 0 Å². The van der Waals surface area contributed by atoms with Crippen LogP contribution in [0.2, 0.25) is 0 Å². The first-order valence-electron chi connectivity index (χ1n) is 10.3. The average Bonchev–Trinajstić information content (AvgIpc) is 3.15. The van der Waals surface area contributed by atoms with Crippen molar-refractivity contribution in [1.29, 1.82) is 0 Å². The number of aromatic nitrogens is 3. The highest BCUT2D eigenvalue weighted by molar-refractivity contribution is 6.00. The largest absolute Gasteiger partial charge is 0.504 e. The van der Waals surface area contributed by atoms with Gasteiger partial charge in [-0.15, -0.1) is 5.10 Å². The fraction of sp³-hybridized carbons (Fsp3) is 0.292. The number of hydrogen-bond acceptors (Lipinski definition) is 6. The Morgan fingerprint density at radius 1 is 1.16 bits per heavy atom. The van der Waals surface area contributed by atoms with E-state index in [0.717, 1.165) is 23.2 Å². The number of anilines is 1. The molecule has 1 aromatic heterocycles. The van der Waals surface area contributed by atoms with E-state index in [0.29, 0.717) is 29.5 Å². The molecule has 0 bridgehead atoms. The molecule has 2 aromatic carbocycles. The lowest BCUT2D eigenvalue weighted by molar-refractivity contribution is -0.118. The summed E-state index contributed by atoms with van der Waals surface area (Å²) in [5, 5.41) is 18.5. The van der Waals surface area contributed by atoms with Gasteiger partial charge in [0.15, 0.2) is 23.1 Å². The highest BCUT2D eigenvalue weighted by atomic mass is 16.5. The van der Waals surface area contributed by atoms with Crippen molar-refractivity contribution in [3.05, 3.63) is 65.4 Å². The second-order valence-corrected chi connectivity index (χ2v) is 8.86. The number of phenols is 1. The molecule has 0 spiro atoms. The first kappa shape index (κ1) is 19.4. The average molecular weight is 416 g/mol. The molecule has 158 valence electrons. The first-order valence-corrected chi connectivity index (χ1v) is 10.3. The number of benzene rings is 2. The van der Waals surface area contributed by atoms with Gasteiger partial charge in [-0.1, -0.05) is 50.2 Å². The van der Waals surface area contributed by atoms with E-state index in [-0.39, 0.29) is 16.9 Å². The number of methoxy groups -OCH3 is 1. The number of carbonyl (C=O) groups excluding carboxylic acids is 1. The summed E-state index contributed by atoms with van der Waals surface area (Å²) in [4.78, 5) is 18.0. The van der Waals surface area contributed by atoms with Gasteiger partial charge < -0.3 is 15.2 Å². The minimum atomic E-state index is -0.475. The third kappa shape index (κ3) is 3.26. The SMILES string of the molecule is COc1ccc(C2C3=C(CC(C)(C)CC3=O)Nc3nc(-c4ccccc4)nn32)cc1O. The summed E-state index contributed by atoms with van der Waals surface area (Å²) >= 11 is 0. The van der Waals surface area contributed by atoms with Gasteiger partial charge in [0.1, 0.15) is 6.04 Å². The van der Waals surface area contributed by atoms with Gasteiger partial charge in [0.2, 0.25) is 5.95 Å². The van der Waals surface area contributed by atoms with Crippen LogP contribution in [0.25, 0.3) is 11.4 Å². The lowest BCUT2D eigenvalue weighted by atomic mass is 9.73. The van der Waals surface area contributed by atoms with Crippen LogP contribution in [0.5, 0.6) is 11.5 Å². The van der Waals surface area contributed by atoms with Gasteiger partial charge >= 0.3 is 0 Å². The van der Waals surface area contributed by atoms with E-state index in [1.807, 2.05) is 36.4 Å². The second-order valence-electron chi connectivity index (χ2n) is 8.86. The maximum atomic E-state index is 13.3. The van der Waals surface area contributed by atoms with Crippen molar-refractivity contribution in [1.82, 2.24) is 14.8 Å². The third-order valence-corrected chi connectivity index (χ3v) is 5.88. The van der Waals surface area contributed by atoms with Crippen molar-refractivity contribution in [3.63, 3.8) is 0 Å². The van der Waals surface area contributed by atoms with Gasteiger partial charge in [-0.3, -0.25) is 4.79 Å². The third-order valence-electron chi connectivity index (χ3n) is 5.88. The van der Waals surface area contributed by atoms with E-state index in [1.165, 1.54) is 7.11 Å². The highest BCUT2D eigenvalue weighted by Crippen LogP contribution is 2.46. The fourth-order valence-electron chi connectivity index (χ4n) is 4.50. The number of hydrogen-bond donors (Lipinski definition) is 2. The first-order chi connectivity index (χ1) is 14.9. The Labute approximate surface area is 180 Å². The second kappa shape index (κ2) is 6.97. The van der Waals surface area contributed by atoms with Crippen LogP contribution >= 0.6 is 0 Å². The van der Waals surface area contributed by atoms with Crippen LogP contribution in [0, 0.1) is 5.41 Å². The molecule has 7 heteroatoms. The Balaban J connectivity index is 1.69. The number of Topliss-reactive ketones (excluding diaryl/α,β-unsaturated/α-hetero) is 1. The molecule has 0 saturated carbocycles. The quantitative estimate of drug-likeness (QED) is 0.661. The lowest BCUT2D eigenvalue weighted by Gasteiger charge is -2.38. The molecule has 0 fully saturated rings. The van der Waals surface area contributed by atoms with Crippen LogP contribution in [-0.2, 0) is 4.79 Å². The molecular formula is C24H24N4O3. The molecule has 31 heavy (non-hydrogen) atoms. The molecule has 2 heterocycles. The Hall–Kier alpha value is -3.61. The fourth-order valence-corrected chi connectivity index (χ4v) is 4.50. The number of aromatic hydroxyl groups is 1. The van der Waals surface area contributed by atoms with E-state index in [1.54, 1.807) is 16.8 Å². The lowest BCUT2D eigenvalue weighted by Crippen LogP contribution is -2.36.